The van der Waals surface area contributed by atoms with Crippen molar-refractivity contribution in [1.29, 1.82) is 0 Å². The van der Waals surface area contributed by atoms with Gasteiger partial charge in [-0.05, 0) is 32.1 Å². The fourth-order valence-corrected chi connectivity index (χ4v) is 2.37. The van der Waals surface area contributed by atoms with Crippen molar-refractivity contribution in [2.75, 3.05) is 7.11 Å². The molecule has 1 fully saturated rings. The fraction of sp³-hybridized carbons (Fsp3) is 0.917. The van der Waals surface area contributed by atoms with Crippen LogP contribution in [0.15, 0.2) is 0 Å². The molecule has 1 N–H and O–H groups in total. The summed E-state index contributed by atoms with van der Waals surface area (Å²) >= 11 is 0. The summed E-state index contributed by atoms with van der Waals surface area (Å²) < 4.78 is 42.1. The molecule has 0 saturated heterocycles. The first kappa shape index (κ1) is 15.3. The minimum Gasteiger partial charge on any atom is -0.468 e. The molecule has 0 bridgehead atoms. The number of methoxy groups -OCH3 is 1. The maximum atomic E-state index is 12.5. The molecule has 6 heteroatoms. The lowest BCUT2D eigenvalue weighted by Crippen LogP contribution is -2.46. The van der Waals surface area contributed by atoms with Crippen LogP contribution in [0.2, 0.25) is 0 Å². The van der Waals surface area contributed by atoms with Gasteiger partial charge in [0.2, 0.25) is 0 Å². The molecule has 1 aliphatic carbocycles. The number of rotatable bonds is 4. The Morgan fingerprint density at radius 2 is 1.89 bits per heavy atom. The van der Waals surface area contributed by atoms with Crippen LogP contribution < -0.4 is 5.32 Å². The second-order valence-corrected chi connectivity index (χ2v) is 4.74. The van der Waals surface area contributed by atoms with Crippen molar-refractivity contribution in [2.24, 2.45) is 5.92 Å². The Kier molecular flexibility index (Phi) is 5.44. The number of carbonyl (C=O) groups excluding carboxylic acids is 1. The molecule has 0 aromatic carbocycles. The third-order valence-electron chi connectivity index (χ3n) is 3.52. The van der Waals surface area contributed by atoms with Crippen LogP contribution in [0.3, 0.4) is 0 Å². The fourth-order valence-electron chi connectivity index (χ4n) is 2.37. The lowest BCUT2D eigenvalue weighted by atomic mass is 9.85. The highest BCUT2D eigenvalue weighted by Crippen LogP contribution is 2.37. The van der Waals surface area contributed by atoms with Crippen LogP contribution >= 0.6 is 0 Å². The second-order valence-electron chi connectivity index (χ2n) is 4.74. The molecule has 0 aromatic rings. The number of ether oxygens (including phenoxy) is 1. The first-order valence-corrected chi connectivity index (χ1v) is 6.29. The summed E-state index contributed by atoms with van der Waals surface area (Å²) in [7, 11) is 1.31. The van der Waals surface area contributed by atoms with E-state index in [1.165, 1.54) is 7.11 Å². The van der Waals surface area contributed by atoms with Crippen LogP contribution in [0.25, 0.3) is 0 Å². The van der Waals surface area contributed by atoms with Crippen molar-refractivity contribution in [3.63, 3.8) is 0 Å². The van der Waals surface area contributed by atoms with Gasteiger partial charge in [-0.25, -0.2) is 0 Å². The highest BCUT2D eigenvalue weighted by Gasteiger charge is 2.41. The quantitative estimate of drug-likeness (QED) is 0.796. The van der Waals surface area contributed by atoms with Gasteiger partial charge in [-0.3, -0.25) is 4.79 Å². The predicted octanol–water partition coefficient (Wildman–Crippen LogP) is 2.65. The maximum Gasteiger partial charge on any atom is 0.391 e. The van der Waals surface area contributed by atoms with E-state index in [-0.39, 0.29) is 24.9 Å². The Hall–Kier alpha value is -0.780. The van der Waals surface area contributed by atoms with Gasteiger partial charge < -0.3 is 10.1 Å². The molecule has 0 spiro atoms. The molecule has 0 amide bonds. The van der Waals surface area contributed by atoms with E-state index in [1.54, 1.807) is 0 Å². The number of hydrogen-bond acceptors (Lipinski definition) is 3. The van der Waals surface area contributed by atoms with Gasteiger partial charge in [0.1, 0.15) is 6.04 Å². The molecule has 1 atom stereocenters. The van der Waals surface area contributed by atoms with E-state index in [9.17, 15) is 18.0 Å². The van der Waals surface area contributed by atoms with Gasteiger partial charge >= 0.3 is 12.1 Å². The molecule has 0 aliphatic heterocycles. The Morgan fingerprint density at radius 1 is 1.33 bits per heavy atom. The smallest absolute Gasteiger partial charge is 0.391 e. The zero-order valence-corrected chi connectivity index (χ0v) is 10.7. The Balaban J connectivity index is 2.41. The molecule has 1 rings (SSSR count). The average Bonchev–Trinajstić information content (AvgIpc) is 2.34. The van der Waals surface area contributed by atoms with Gasteiger partial charge in [0.25, 0.3) is 0 Å². The number of nitrogens with one attached hydrogen (secondary N) is 1. The van der Waals surface area contributed by atoms with Gasteiger partial charge in [0.15, 0.2) is 0 Å². The summed E-state index contributed by atoms with van der Waals surface area (Å²) in [6.45, 7) is 1.84. The Morgan fingerprint density at radius 3 is 2.28 bits per heavy atom. The zero-order valence-electron chi connectivity index (χ0n) is 10.7. The van der Waals surface area contributed by atoms with Crippen molar-refractivity contribution in [3.05, 3.63) is 0 Å². The average molecular weight is 267 g/mol. The summed E-state index contributed by atoms with van der Waals surface area (Å²) in [4.78, 5) is 11.4. The number of esters is 1. The van der Waals surface area contributed by atoms with E-state index < -0.39 is 18.1 Å². The first-order chi connectivity index (χ1) is 8.38. The van der Waals surface area contributed by atoms with E-state index in [0.717, 1.165) is 0 Å². The summed E-state index contributed by atoms with van der Waals surface area (Å²) in [5.74, 6) is -1.54. The van der Waals surface area contributed by atoms with E-state index >= 15 is 0 Å². The van der Waals surface area contributed by atoms with Crippen LogP contribution in [-0.2, 0) is 9.53 Å². The first-order valence-electron chi connectivity index (χ1n) is 6.29. The van der Waals surface area contributed by atoms with E-state index in [4.69, 9.17) is 0 Å². The Bertz CT molecular complexity index is 273. The standard InChI is InChI=1S/C12H20F3NO2/c1-3-10(11(17)18-2)16-9-6-4-8(5-7-9)12(13,14)15/h8-10,16H,3-7H2,1-2H3. The van der Waals surface area contributed by atoms with Crippen molar-refractivity contribution in [2.45, 2.75) is 57.3 Å². The lowest BCUT2D eigenvalue weighted by Gasteiger charge is -2.32. The molecule has 1 saturated carbocycles. The number of hydrogen-bond donors (Lipinski definition) is 1. The summed E-state index contributed by atoms with van der Waals surface area (Å²) in [6.07, 6.45) is -2.32. The summed E-state index contributed by atoms with van der Waals surface area (Å²) in [5.41, 5.74) is 0. The summed E-state index contributed by atoms with van der Waals surface area (Å²) in [6, 6.07) is -0.435. The van der Waals surface area contributed by atoms with Crippen LogP contribution in [0.4, 0.5) is 13.2 Å². The van der Waals surface area contributed by atoms with Crippen LogP contribution in [0.5, 0.6) is 0 Å². The predicted molar refractivity (Wildman–Crippen MR) is 61.0 cm³/mol. The number of halogens is 3. The molecule has 0 radical (unpaired) electrons. The SMILES string of the molecule is CCC(NC1CCC(C(F)(F)F)CC1)C(=O)OC. The van der Waals surface area contributed by atoms with Crippen molar-refractivity contribution in [1.82, 2.24) is 5.32 Å². The number of carbonyl (C=O) groups is 1. The third-order valence-corrected chi connectivity index (χ3v) is 3.52. The minimum atomic E-state index is -4.09. The van der Waals surface area contributed by atoms with Gasteiger partial charge in [-0.1, -0.05) is 6.92 Å². The zero-order chi connectivity index (χ0) is 13.8. The van der Waals surface area contributed by atoms with Crippen molar-refractivity contribution >= 4 is 5.97 Å². The molecule has 0 heterocycles. The molecule has 3 nitrogen and oxygen atoms in total. The lowest BCUT2D eigenvalue weighted by molar-refractivity contribution is -0.183. The highest BCUT2D eigenvalue weighted by molar-refractivity contribution is 5.75. The third kappa shape index (κ3) is 4.15. The van der Waals surface area contributed by atoms with Crippen LogP contribution in [0, 0.1) is 5.92 Å². The summed E-state index contributed by atoms with van der Waals surface area (Å²) in [5, 5.41) is 3.09. The van der Waals surface area contributed by atoms with Crippen molar-refractivity contribution in [3.8, 4) is 0 Å². The minimum absolute atomic E-state index is 0.0207. The maximum absolute atomic E-state index is 12.5. The van der Waals surface area contributed by atoms with Crippen LogP contribution in [0.1, 0.15) is 39.0 Å². The van der Waals surface area contributed by atoms with E-state index in [1.807, 2.05) is 6.92 Å². The van der Waals surface area contributed by atoms with E-state index in [0.29, 0.717) is 19.3 Å². The highest BCUT2D eigenvalue weighted by atomic mass is 19.4. The molecule has 0 aromatic heterocycles. The second kappa shape index (κ2) is 6.41. The normalized spacial score (nSPS) is 26.7. The van der Waals surface area contributed by atoms with Gasteiger partial charge in [0.05, 0.1) is 13.0 Å². The topological polar surface area (TPSA) is 38.3 Å². The Labute approximate surface area is 105 Å². The molecule has 18 heavy (non-hydrogen) atoms. The van der Waals surface area contributed by atoms with Gasteiger partial charge in [0, 0.05) is 6.04 Å². The van der Waals surface area contributed by atoms with Crippen LogP contribution in [-0.4, -0.2) is 31.3 Å². The van der Waals surface area contributed by atoms with Crippen molar-refractivity contribution < 1.29 is 22.7 Å². The van der Waals surface area contributed by atoms with E-state index in [2.05, 4.69) is 10.1 Å². The van der Waals surface area contributed by atoms with Gasteiger partial charge in [-0.15, -0.1) is 0 Å². The largest absolute Gasteiger partial charge is 0.468 e. The molecule has 1 aliphatic rings. The monoisotopic (exact) mass is 267 g/mol. The molecule has 106 valence electrons. The molecular weight excluding hydrogens is 247 g/mol. The molecule has 1 unspecified atom stereocenters. The number of alkyl halides is 3. The van der Waals surface area contributed by atoms with Gasteiger partial charge in [-0.2, -0.15) is 13.2 Å². The molecular formula is C12H20F3NO2.